The molecule has 0 heterocycles. The molecule has 0 fully saturated rings. The third kappa shape index (κ3) is 4.12. The molecule has 0 saturated heterocycles. The second-order valence-electron chi connectivity index (χ2n) is 3.57. The van der Waals surface area contributed by atoms with Gasteiger partial charge in [-0.15, -0.1) is 0 Å². The van der Waals surface area contributed by atoms with Crippen LogP contribution in [0, 0.1) is 0 Å². The van der Waals surface area contributed by atoms with E-state index in [1.165, 1.54) is 16.7 Å². The molecular weight excluding hydrogens is 293 g/mol. The highest BCUT2D eigenvalue weighted by molar-refractivity contribution is 8.04. The Morgan fingerprint density at radius 3 is 2.17 bits per heavy atom. The maximum absolute atomic E-state index is 11.9. The van der Waals surface area contributed by atoms with Gasteiger partial charge in [0.05, 0.1) is 7.11 Å². The number of thioether (sulfide) groups is 1. The topological polar surface area (TPSA) is 29.5 Å². The predicted octanol–water partition coefficient (Wildman–Crippen LogP) is 3.52. The van der Waals surface area contributed by atoms with Gasteiger partial charge in [0, 0.05) is 19.0 Å². The van der Waals surface area contributed by atoms with Crippen molar-refractivity contribution in [2.75, 3.05) is 21.2 Å². The van der Waals surface area contributed by atoms with Gasteiger partial charge >= 0.3 is 0 Å². The molecule has 1 amide bonds. The second kappa shape index (κ2) is 6.92. The molecule has 0 N–H and O–H groups in total. The van der Waals surface area contributed by atoms with Gasteiger partial charge in [-0.05, 0) is 24.3 Å². The van der Waals surface area contributed by atoms with Crippen LogP contribution in [0.15, 0.2) is 38.6 Å². The summed E-state index contributed by atoms with van der Waals surface area (Å²) in [6, 6.07) is 7.29. The smallest absolute Gasteiger partial charge is 0.262 e. The SMILES string of the molecule is COc1ccc(SC(C(=O)N(C)C)=C(Cl)Cl)cc1. The molecule has 0 saturated carbocycles. The molecule has 0 atom stereocenters. The minimum Gasteiger partial charge on any atom is -0.497 e. The van der Waals surface area contributed by atoms with Crippen molar-refractivity contribution in [1.29, 1.82) is 0 Å². The number of amides is 1. The first-order chi connectivity index (χ1) is 8.45. The molecule has 1 aromatic rings. The van der Waals surface area contributed by atoms with Crippen molar-refractivity contribution in [3.63, 3.8) is 0 Å². The van der Waals surface area contributed by atoms with E-state index >= 15 is 0 Å². The summed E-state index contributed by atoms with van der Waals surface area (Å²) in [5.41, 5.74) is 0. The molecule has 1 aromatic carbocycles. The Morgan fingerprint density at radius 1 is 1.22 bits per heavy atom. The van der Waals surface area contributed by atoms with Crippen LogP contribution in [0.1, 0.15) is 0 Å². The highest BCUT2D eigenvalue weighted by Crippen LogP contribution is 2.33. The van der Waals surface area contributed by atoms with Gasteiger partial charge in [-0.3, -0.25) is 4.79 Å². The van der Waals surface area contributed by atoms with E-state index in [1.807, 2.05) is 24.3 Å². The lowest BCUT2D eigenvalue weighted by Gasteiger charge is -2.13. The summed E-state index contributed by atoms with van der Waals surface area (Å²) in [7, 11) is 4.89. The van der Waals surface area contributed by atoms with Gasteiger partial charge in [-0.1, -0.05) is 35.0 Å². The van der Waals surface area contributed by atoms with Gasteiger partial charge in [0.25, 0.3) is 5.91 Å². The van der Waals surface area contributed by atoms with Crippen molar-refractivity contribution >= 4 is 40.9 Å². The molecule has 0 aliphatic heterocycles. The Balaban J connectivity index is 2.91. The Bertz CT molecular complexity index is 454. The first-order valence-corrected chi connectivity index (χ1v) is 6.61. The molecule has 0 spiro atoms. The molecule has 0 bridgehead atoms. The van der Waals surface area contributed by atoms with E-state index < -0.39 is 0 Å². The fraction of sp³-hybridized carbons (Fsp3) is 0.250. The number of likely N-dealkylation sites (N-methyl/N-ethyl adjacent to an activating group) is 1. The first kappa shape index (κ1) is 15.2. The quantitative estimate of drug-likeness (QED) is 0.629. The van der Waals surface area contributed by atoms with Gasteiger partial charge in [-0.2, -0.15) is 0 Å². The number of benzene rings is 1. The van der Waals surface area contributed by atoms with Crippen molar-refractivity contribution in [2.24, 2.45) is 0 Å². The van der Waals surface area contributed by atoms with Crippen LogP contribution in [-0.2, 0) is 4.79 Å². The van der Waals surface area contributed by atoms with Gasteiger partial charge in [0.15, 0.2) is 0 Å². The molecule has 18 heavy (non-hydrogen) atoms. The molecule has 0 radical (unpaired) electrons. The number of halogens is 2. The summed E-state index contributed by atoms with van der Waals surface area (Å²) in [5, 5.41) is 0. The molecular formula is C12H13Cl2NO2S. The number of nitrogens with zero attached hydrogens (tertiary/aromatic N) is 1. The molecule has 0 unspecified atom stereocenters. The molecule has 0 aliphatic rings. The maximum Gasteiger partial charge on any atom is 0.262 e. The Hall–Kier alpha value is -0.840. The lowest BCUT2D eigenvalue weighted by molar-refractivity contribution is -0.123. The standard InChI is InChI=1S/C12H13Cl2NO2S/c1-15(2)12(16)10(11(13)14)18-9-6-4-8(17-3)5-7-9/h4-7H,1-3H3. The zero-order valence-corrected chi connectivity index (χ0v) is 12.6. The summed E-state index contributed by atoms with van der Waals surface area (Å²) in [6.45, 7) is 0. The number of ether oxygens (including phenoxy) is 1. The van der Waals surface area contributed by atoms with E-state index in [0.717, 1.165) is 10.6 Å². The number of carbonyl (C=O) groups is 1. The zero-order chi connectivity index (χ0) is 13.7. The van der Waals surface area contributed by atoms with Gasteiger partial charge < -0.3 is 9.64 Å². The van der Waals surface area contributed by atoms with Gasteiger partial charge in [0.2, 0.25) is 0 Å². The maximum atomic E-state index is 11.9. The Morgan fingerprint density at radius 2 is 1.78 bits per heavy atom. The molecule has 6 heteroatoms. The molecule has 3 nitrogen and oxygen atoms in total. The largest absolute Gasteiger partial charge is 0.497 e. The van der Waals surface area contributed by atoms with Crippen LogP contribution in [0.5, 0.6) is 5.75 Å². The Kier molecular flexibility index (Phi) is 5.85. The minimum atomic E-state index is -0.226. The van der Waals surface area contributed by atoms with Crippen LogP contribution < -0.4 is 4.74 Å². The molecule has 1 rings (SSSR count). The number of rotatable bonds is 4. The number of hydrogen-bond donors (Lipinski definition) is 0. The van der Waals surface area contributed by atoms with Crippen molar-refractivity contribution in [2.45, 2.75) is 4.90 Å². The van der Waals surface area contributed by atoms with Crippen LogP contribution in [0.2, 0.25) is 0 Å². The summed E-state index contributed by atoms with van der Waals surface area (Å²) in [4.78, 5) is 14.5. The van der Waals surface area contributed by atoms with E-state index in [-0.39, 0.29) is 10.4 Å². The fourth-order valence-electron chi connectivity index (χ4n) is 1.13. The van der Waals surface area contributed by atoms with Crippen molar-refractivity contribution < 1.29 is 9.53 Å². The average molecular weight is 306 g/mol. The highest BCUT2D eigenvalue weighted by atomic mass is 35.5. The molecule has 0 aromatic heterocycles. The summed E-state index contributed by atoms with van der Waals surface area (Å²) in [6.07, 6.45) is 0. The van der Waals surface area contributed by atoms with Crippen LogP contribution in [0.25, 0.3) is 0 Å². The third-order valence-corrected chi connectivity index (χ3v) is 3.74. The average Bonchev–Trinajstić information content (AvgIpc) is 2.35. The second-order valence-corrected chi connectivity index (χ2v) is 5.60. The van der Waals surface area contributed by atoms with Gasteiger partial charge in [-0.25, -0.2) is 0 Å². The van der Waals surface area contributed by atoms with Crippen molar-refractivity contribution in [1.82, 2.24) is 4.90 Å². The van der Waals surface area contributed by atoms with Crippen LogP contribution in [0.3, 0.4) is 0 Å². The lowest BCUT2D eigenvalue weighted by atomic mass is 10.3. The summed E-state index contributed by atoms with van der Waals surface area (Å²) in [5.74, 6) is 0.525. The lowest BCUT2D eigenvalue weighted by Crippen LogP contribution is -2.22. The van der Waals surface area contributed by atoms with Crippen molar-refractivity contribution in [3.8, 4) is 5.75 Å². The van der Waals surface area contributed by atoms with Crippen LogP contribution in [-0.4, -0.2) is 32.0 Å². The van der Waals surface area contributed by atoms with Crippen molar-refractivity contribution in [3.05, 3.63) is 33.7 Å². The number of methoxy groups -OCH3 is 1. The molecule has 98 valence electrons. The van der Waals surface area contributed by atoms with E-state index in [0.29, 0.717) is 4.91 Å². The van der Waals surface area contributed by atoms with Crippen LogP contribution >= 0.6 is 35.0 Å². The Labute approximate surface area is 121 Å². The number of carbonyl (C=O) groups excluding carboxylic acids is 1. The monoisotopic (exact) mass is 305 g/mol. The third-order valence-electron chi connectivity index (χ3n) is 2.05. The zero-order valence-electron chi connectivity index (χ0n) is 10.2. The van der Waals surface area contributed by atoms with E-state index in [9.17, 15) is 4.79 Å². The van der Waals surface area contributed by atoms with Crippen LogP contribution in [0.4, 0.5) is 0 Å². The van der Waals surface area contributed by atoms with Gasteiger partial charge in [0.1, 0.15) is 15.1 Å². The van der Waals surface area contributed by atoms with E-state index in [1.54, 1.807) is 21.2 Å². The fourth-order valence-corrected chi connectivity index (χ4v) is 2.38. The summed E-state index contributed by atoms with van der Waals surface area (Å²) < 4.78 is 5.03. The summed E-state index contributed by atoms with van der Waals surface area (Å²) >= 11 is 12.7. The first-order valence-electron chi connectivity index (χ1n) is 5.04. The molecule has 0 aliphatic carbocycles. The van der Waals surface area contributed by atoms with E-state index in [2.05, 4.69) is 0 Å². The van der Waals surface area contributed by atoms with E-state index in [4.69, 9.17) is 27.9 Å². The predicted molar refractivity (Wildman–Crippen MR) is 76.3 cm³/mol. The number of hydrogen-bond acceptors (Lipinski definition) is 3. The normalized spacial score (nSPS) is 9.83. The highest BCUT2D eigenvalue weighted by Gasteiger charge is 2.17. The minimum absolute atomic E-state index is 0.0329.